The van der Waals surface area contributed by atoms with Crippen LogP contribution in [0.4, 0.5) is 0 Å². The van der Waals surface area contributed by atoms with Crippen molar-refractivity contribution in [1.29, 1.82) is 0 Å². The fraction of sp³-hybridized carbons (Fsp3) is 0.381. The molecule has 1 atom stereocenters. The summed E-state index contributed by atoms with van der Waals surface area (Å²) in [5.74, 6) is -0.772. The second kappa shape index (κ2) is 8.39. The number of likely N-dealkylation sites (tertiary alicyclic amines) is 1. The Bertz CT molecular complexity index is 884. The predicted octanol–water partition coefficient (Wildman–Crippen LogP) is 0.132. The molecule has 2 aromatic rings. The molecule has 7 nitrogen and oxygen atoms in total. The monoisotopic (exact) mass is 383 g/mol. The van der Waals surface area contributed by atoms with Gasteiger partial charge >= 0.3 is 0 Å². The molecule has 1 saturated heterocycles. The Hall–Kier alpha value is -2.93. The van der Waals surface area contributed by atoms with E-state index in [0.29, 0.717) is 30.2 Å². The third kappa shape index (κ3) is 3.71. The van der Waals surface area contributed by atoms with Gasteiger partial charge in [0.25, 0.3) is 5.91 Å². The molecule has 0 saturated carbocycles. The van der Waals surface area contributed by atoms with Crippen LogP contribution < -0.4 is 10.0 Å². The first-order chi connectivity index (χ1) is 13.5. The Labute approximate surface area is 164 Å². The number of likely N-dealkylation sites (N-methyl/N-ethyl adjacent to an activating group) is 1. The first-order valence-corrected chi connectivity index (χ1v) is 9.54. The van der Waals surface area contributed by atoms with Crippen molar-refractivity contribution in [2.24, 2.45) is 0 Å². The van der Waals surface area contributed by atoms with E-state index >= 15 is 0 Å². The van der Waals surface area contributed by atoms with Gasteiger partial charge in [-0.05, 0) is 50.6 Å². The van der Waals surface area contributed by atoms with Gasteiger partial charge in [-0.1, -0.05) is 5.76 Å². The zero-order valence-corrected chi connectivity index (χ0v) is 16.4. The van der Waals surface area contributed by atoms with E-state index in [-0.39, 0.29) is 5.57 Å². The number of amides is 1. The van der Waals surface area contributed by atoms with Gasteiger partial charge < -0.3 is 19.3 Å². The minimum absolute atomic E-state index is 0.0555. The SMILES string of the molecule is CC[NH+](CC)CCN1C(=O)C(=O)C(=C([O-])c2ccncc2)C1c1ccc(C)o1. The van der Waals surface area contributed by atoms with E-state index in [0.717, 1.165) is 13.1 Å². The number of hydrogen-bond donors (Lipinski definition) is 1. The van der Waals surface area contributed by atoms with Gasteiger partial charge in [0.15, 0.2) is 0 Å². The van der Waals surface area contributed by atoms with Gasteiger partial charge in [0.2, 0.25) is 5.78 Å². The van der Waals surface area contributed by atoms with Crippen molar-refractivity contribution in [3.05, 3.63) is 59.3 Å². The van der Waals surface area contributed by atoms with Crippen LogP contribution >= 0.6 is 0 Å². The third-order valence-corrected chi connectivity index (χ3v) is 5.21. The molecule has 3 rings (SSSR count). The van der Waals surface area contributed by atoms with Crippen molar-refractivity contribution < 1.29 is 24.0 Å². The summed E-state index contributed by atoms with van der Waals surface area (Å²) in [6.07, 6.45) is 2.98. The van der Waals surface area contributed by atoms with Crippen LogP contribution in [0.2, 0.25) is 0 Å². The topological polar surface area (TPSA) is 90.9 Å². The summed E-state index contributed by atoms with van der Waals surface area (Å²) in [5.41, 5.74) is 0.274. The fourth-order valence-electron chi connectivity index (χ4n) is 3.54. The maximum atomic E-state index is 13.1. The van der Waals surface area contributed by atoms with Crippen molar-refractivity contribution in [3.63, 3.8) is 0 Å². The van der Waals surface area contributed by atoms with Crippen LogP contribution in [0.15, 0.2) is 46.6 Å². The number of aromatic nitrogens is 1. The van der Waals surface area contributed by atoms with Crippen molar-refractivity contribution in [2.75, 3.05) is 26.2 Å². The molecule has 148 valence electrons. The number of aryl methyl sites for hydroxylation is 1. The van der Waals surface area contributed by atoms with Crippen molar-refractivity contribution >= 4 is 17.4 Å². The van der Waals surface area contributed by atoms with Crippen LogP contribution in [0.25, 0.3) is 5.76 Å². The standard InChI is InChI=1S/C21H25N3O4/c1-4-23(5-2)12-13-24-18(16-7-6-14(3)28-16)17(20(26)21(24)27)19(25)15-8-10-22-11-9-15/h6-11,18,25H,4-5,12-13H2,1-3H3. The molecular formula is C21H25N3O4. The summed E-state index contributed by atoms with van der Waals surface area (Å²) in [6.45, 7) is 8.85. The molecule has 1 aliphatic heterocycles. The molecule has 1 unspecified atom stereocenters. The number of pyridine rings is 1. The van der Waals surface area contributed by atoms with Crippen molar-refractivity contribution in [2.45, 2.75) is 26.8 Å². The number of rotatable bonds is 7. The lowest BCUT2D eigenvalue weighted by Crippen LogP contribution is -3.12. The molecule has 1 fully saturated rings. The highest BCUT2D eigenvalue weighted by atomic mass is 16.3. The highest BCUT2D eigenvalue weighted by Gasteiger charge is 2.45. The molecule has 1 aliphatic rings. The average Bonchev–Trinajstić information content (AvgIpc) is 3.24. The van der Waals surface area contributed by atoms with Crippen LogP contribution in [-0.4, -0.2) is 47.8 Å². The number of carbonyl (C=O) groups excluding carboxylic acids is 2. The highest BCUT2D eigenvalue weighted by molar-refractivity contribution is 6.46. The molecule has 0 radical (unpaired) electrons. The van der Waals surface area contributed by atoms with Crippen LogP contribution in [0, 0.1) is 6.92 Å². The van der Waals surface area contributed by atoms with Gasteiger partial charge in [0.05, 0.1) is 26.2 Å². The van der Waals surface area contributed by atoms with Crippen LogP contribution in [-0.2, 0) is 9.59 Å². The number of nitrogens with zero attached hydrogens (tertiary/aromatic N) is 2. The summed E-state index contributed by atoms with van der Waals surface area (Å²) in [7, 11) is 0. The lowest BCUT2D eigenvalue weighted by Gasteiger charge is -2.26. The molecular weight excluding hydrogens is 358 g/mol. The summed E-state index contributed by atoms with van der Waals surface area (Å²) < 4.78 is 5.73. The number of quaternary nitrogens is 1. The fourth-order valence-corrected chi connectivity index (χ4v) is 3.54. The summed E-state index contributed by atoms with van der Waals surface area (Å²) >= 11 is 0. The van der Waals surface area contributed by atoms with E-state index in [1.807, 2.05) is 0 Å². The summed E-state index contributed by atoms with van der Waals surface area (Å²) in [4.78, 5) is 32.3. The minimum atomic E-state index is -0.802. The van der Waals surface area contributed by atoms with E-state index in [2.05, 4.69) is 18.8 Å². The number of ketones is 1. The maximum absolute atomic E-state index is 13.1. The van der Waals surface area contributed by atoms with E-state index < -0.39 is 23.5 Å². The second-order valence-electron chi connectivity index (χ2n) is 6.86. The first kappa shape index (κ1) is 19.8. The van der Waals surface area contributed by atoms with Gasteiger partial charge in [-0.15, -0.1) is 0 Å². The van der Waals surface area contributed by atoms with Crippen molar-refractivity contribution in [1.82, 2.24) is 9.88 Å². The first-order valence-electron chi connectivity index (χ1n) is 9.54. The Kier molecular flexibility index (Phi) is 5.94. The van der Waals surface area contributed by atoms with E-state index in [1.165, 1.54) is 22.2 Å². The third-order valence-electron chi connectivity index (χ3n) is 5.21. The molecule has 1 N–H and O–H groups in total. The normalized spacial score (nSPS) is 19.0. The van der Waals surface area contributed by atoms with Gasteiger partial charge in [-0.25, -0.2) is 0 Å². The Morgan fingerprint density at radius 3 is 2.43 bits per heavy atom. The van der Waals surface area contributed by atoms with Crippen LogP contribution in [0.1, 0.15) is 37.0 Å². The highest BCUT2D eigenvalue weighted by Crippen LogP contribution is 2.38. The number of hydrogen-bond acceptors (Lipinski definition) is 5. The number of nitrogens with one attached hydrogen (secondary N) is 1. The van der Waals surface area contributed by atoms with E-state index in [9.17, 15) is 14.7 Å². The molecule has 0 aromatic carbocycles. The van der Waals surface area contributed by atoms with Gasteiger partial charge in [0, 0.05) is 18.0 Å². The van der Waals surface area contributed by atoms with Gasteiger partial charge in [-0.2, -0.15) is 0 Å². The zero-order valence-electron chi connectivity index (χ0n) is 16.4. The Morgan fingerprint density at radius 1 is 1.18 bits per heavy atom. The van der Waals surface area contributed by atoms with Crippen molar-refractivity contribution in [3.8, 4) is 0 Å². The quantitative estimate of drug-likeness (QED) is 0.417. The Morgan fingerprint density at radius 2 is 1.86 bits per heavy atom. The van der Waals surface area contributed by atoms with Gasteiger partial charge in [-0.3, -0.25) is 14.6 Å². The number of Topliss-reactive ketones (excluding diaryl/α,β-unsaturated/α-hetero) is 1. The predicted molar refractivity (Wildman–Crippen MR) is 101 cm³/mol. The summed E-state index contributed by atoms with van der Waals surface area (Å²) in [6, 6.07) is 5.78. The molecule has 0 bridgehead atoms. The van der Waals surface area contributed by atoms with Gasteiger partial charge in [0.1, 0.15) is 17.6 Å². The minimum Gasteiger partial charge on any atom is -0.872 e. The molecule has 0 aliphatic carbocycles. The van der Waals surface area contributed by atoms with Crippen LogP contribution in [0.3, 0.4) is 0 Å². The number of carbonyl (C=O) groups is 2. The van der Waals surface area contributed by atoms with E-state index in [4.69, 9.17) is 4.42 Å². The lowest BCUT2D eigenvalue weighted by molar-refractivity contribution is -0.895. The zero-order chi connectivity index (χ0) is 20.3. The van der Waals surface area contributed by atoms with E-state index in [1.54, 1.807) is 31.2 Å². The molecule has 3 heterocycles. The summed E-state index contributed by atoms with van der Waals surface area (Å²) in [5, 5.41) is 13.1. The molecule has 28 heavy (non-hydrogen) atoms. The average molecular weight is 383 g/mol. The van der Waals surface area contributed by atoms with Crippen LogP contribution in [0.5, 0.6) is 0 Å². The molecule has 1 amide bonds. The Balaban J connectivity index is 2.05. The largest absolute Gasteiger partial charge is 0.872 e. The maximum Gasteiger partial charge on any atom is 0.295 e. The lowest BCUT2D eigenvalue weighted by atomic mass is 10.00. The smallest absolute Gasteiger partial charge is 0.295 e. The molecule has 7 heteroatoms. The second-order valence-corrected chi connectivity index (χ2v) is 6.86. The number of furan rings is 1. The molecule has 0 spiro atoms. The molecule has 2 aromatic heterocycles.